The molecule has 8 aromatic carbocycles. The number of rotatable bonds is 2. The molecule has 0 aliphatic heterocycles. The zero-order valence-electron chi connectivity index (χ0n) is 19.6. The van der Waals surface area contributed by atoms with Gasteiger partial charge < -0.3 is 4.74 Å². The van der Waals surface area contributed by atoms with Gasteiger partial charge in [-0.2, -0.15) is 0 Å². The summed E-state index contributed by atoms with van der Waals surface area (Å²) < 4.78 is 5.53. The van der Waals surface area contributed by atoms with Gasteiger partial charge >= 0.3 is 11.9 Å². The predicted octanol–water partition coefficient (Wildman–Crippen LogP) is 8.48. The minimum Gasteiger partial charge on any atom is -0.386 e. The Hall–Kier alpha value is -5.02. The highest BCUT2D eigenvalue weighted by Crippen LogP contribution is 2.38. The summed E-state index contributed by atoms with van der Waals surface area (Å²) in [5, 5.41) is 12.4. The summed E-state index contributed by atoms with van der Waals surface area (Å²) in [6, 6.07) is 36.0. The fourth-order valence-corrected chi connectivity index (χ4v) is 6.02. The third-order valence-electron chi connectivity index (χ3n) is 7.68. The standard InChI is InChI=1S/C34H18O3/c35-33(27-17-13-23-9-7-19-3-1-5-21-11-15-25(27)31(23)29(19)21)37-34(36)28-18-14-24-10-8-20-4-2-6-22-12-16-26(28)32(24)30(20)22/h1-18H. The lowest BCUT2D eigenvalue weighted by atomic mass is 9.91. The Morgan fingerprint density at radius 1 is 0.378 bits per heavy atom. The molecular weight excluding hydrogens is 456 g/mol. The van der Waals surface area contributed by atoms with Crippen LogP contribution in [-0.2, 0) is 4.74 Å². The second kappa shape index (κ2) is 7.25. The maximum atomic E-state index is 13.4. The van der Waals surface area contributed by atoms with Crippen molar-refractivity contribution < 1.29 is 14.3 Å². The van der Waals surface area contributed by atoms with Crippen LogP contribution in [0.4, 0.5) is 0 Å². The minimum absolute atomic E-state index is 0.386. The molecule has 172 valence electrons. The molecule has 0 spiro atoms. The summed E-state index contributed by atoms with van der Waals surface area (Å²) in [5.41, 5.74) is 0.772. The van der Waals surface area contributed by atoms with Crippen LogP contribution in [0.1, 0.15) is 20.7 Å². The number of hydrogen-bond donors (Lipinski definition) is 0. The van der Waals surface area contributed by atoms with Gasteiger partial charge in [0.05, 0.1) is 11.1 Å². The van der Waals surface area contributed by atoms with E-state index in [9.17, 15) is 9.59 Å². The molecule has 3 nitrogen and oxygen atoms in total. The molecule has 0 heterocycles. The molecule has 0 bridgehead atoms. The quantitative estimate of drug-likeness (QED) is 0.143. The van der Waals surface area contributed by atoms with E-state index in [1.54, 1.807) is 12.1 Å². The molecule has 8 rings (SSSR count). The van der Waals surface area contributed by atoms with Crippen molar-refractivity contribution in [3.63, 3.8) is 0 Å². The minimum atomic E-state index is -0.645. The Labute approximate surface area is 211 Å². The van der Waals surface area contributed by atoms with Crippen LogP contribution in [0.25, 0.3) is 64.6 Å². The van der Waals surface area contributed by atoms with Crippen molar-refractivity contribution in [1.29, 1.82) is 0 Å². The molecule has 8 aromatic rings. The zero-order valence-corrected chi connectivity index (χ0v) is 19.6. The van der Waals surface area contributed by atoms with Gasteiger partial charge in [0.2, 0.25) is 0 Å². The summed E-state index contributed by atoms with van der Waals surface area (Å²) in [4.78, 5) is 26.8. The Morgan fingerprint density at radius 3 is 1.11 bits per heavy atom. The van der Waals surface area contributed by atoms with Crippen LogP contribution in [0.3, 0.4) is 0 Å². The molecule has 0 aromatic heterocycles. The third-order valence-corrected chi connectivity index (χ3v) is 7.68. The van der Waals surface area contributed by atoms with Crippen LogP contribution < -0.4 is 0 Å². The van der Waals surface area contributed by atoms with Gasteiger partial charge in [-0.1, -0.05) is 97.1 Å². The lowest BCUT2D eigenvalue weighted by molar-refractivity contribution is 0.0400. The Balaban J connectivity index is 1.25. The van der Waals surface area contributed by atoms with E-state index in [1.165, 1.54) is 0 Å². The van der Waals surface area contributed by atoms with Gasteiger partial charge in [0.25, 0.3) is 0 Å². The van der Waals surface area contributed by atoms with Crippen molar-refractivity contribution in [3.05, 3.63) is 120 Å². The number of esters is 2. The number of carbonyl (C=O) groups is 2. The first kappa shape index (κ1) is 20.2. The highest BCUT2D eigenvalue weighted by atomic mass is 16.6. The van der Waals surface area contributed by atoms with Crippen LogP contribution >= 0.6 is 0 Å². The van der Waals surface area contributed by atoms with Gasteiger partial charge in [0.15, 0.2) is 0 Å². The highest BCUT2D eigenvalue weighted by molar-refractivity contribution is 6.28. The van der Waals surface area contributed by atoms with Crippen LogP contribution in [0.15, 0.2) is 109 Å². The molecule has 0 saturated heterocycles. The van der Waals surface area contributed by atoms with Crippen molar-refractivity contribution >= 4 is 76.6 Å². The lowest BCUT2D eigenvalue weighted by Gasteiger charge is -2.14. The van der Waals surface area contributed by atoms with Crippen molar-refractivity contribution in [3.8, 4) is 0 Å². The summed E-state index contributed by atoms with van der Waals surface area (Å²) in [6.45, 7) is 0. The van der Waals surface area contributed by atoms with Gasteiger partial charge in [0.1, 0.15) is 0 Å². The molecule has 0 fully saturated rings. The summed E-state index contributed by atoms with van der Waals surface area (Å²) in [5.74, 6) is -1.29. The monoisotopic (exact) mass is 474 g/mol. The fraction of sp³-hybridized carbons (Fsp3) is 0. The molecule has 3 heteroatoms. The number of benzene rings is 8. The first-order chi connectivity index (χ1) is 18.2. The summed E-state index contributed by atoms with van der Waals surface area (Å²) in [6.07, 6.45) is 0. The van der Waals surface area contributed by atoms with E-state index in [4.69, 9.17) is 4.74 Å². The first-order valence-corrected chi connectivity index (χ1v) is 12.3. The number of ether oxygens (including phenoxy) is 1. The second-order valence-corrected chi connectivity index (χ2v) is 9.62. The third kappa shape index (κ3) is 2.77. The maximum Gasteiger partial charge on any atom is 0.346 e. The molecule has 0 N–H and O–H groups in total. The Bertz CT molecular complexity index is 2020. The Morgan fingerprint density at radius 2 is 0.703 bits per heavy atom. The van der Waals surface area contributed by atoms with E-state index in [0.29, 0.717) is 11.1 Å². The molecule has 0 amide bonds. The second-order valence-electron chi connectivity index (χ2n) is 9.62. The first-order valence-electron chi connectivity index (χ1n) is 12.3. The molecule has 0 saturated carbocycles. The van der Waals surface area contributed by atoms with Crippen LogP contribution in [0.5, 0.6) is 0 Å². The molecule has 0 unspecified atom stereocenters. The van der Waals surface area contributed by atoms with Gasteiger partial charge in [-0.3, -0.25) is 0 Å². The van der Waals surface area contributed by atoms with Crippen molar-refractivity contribution in [2.45, 2.75) is 0 Å². The number of hydrogen-bond acceptors (Lipinski definition) is 3. The molecule has 0 aliphatic carbocycles. The number of carbonyl (C=O) groups excluding carboxylic acids is 2. The fourth-order valence-electron chi connectivity index (χ4n) is 6.02. The Kier molecular flexibility index (Phi) is 3.96. The van der Waals surface area contributed by atoms with E-state index in [0.717, 1.165) is 64.6 Å². The van der Waals surface area contributed by atoms with E-state index in [1.807, 2.05) is 48.5 Å². The van der Waals surface area contributed by atoms with E-state index < -0.39 is 11.9 Å². The molecular formula is C34H18O3. The van der Waals surface area contributed by atoms with Crippen LogP contribution in [0, 0.1) is 0 Å². The topological polar surface area (TPSA) is 43.4 Å². The zero-order chi connectivity index (χ0) is 24.7. The van der Waals surface area contributed by atoms with E-state index in [-0.39, 0.29) is 0 Å². The summed E-state index contributed by atoms with van der Waals surface area (Å²) >= 11 is 0. The van der Waals surface area contributed by atoms with Crippen molar-refractivity contribution in [2.24, 2.45) is 0 Å². The summed E-state index contributed by atoms with van der Waals surface area (Å²) in [7, 11) is 0. The van der Waals surface area contributed by atoms with Gasteiger partial charge in [0, 0.05) is 0 Å². The smallest absolute Gasteiger partial charge is 0.346 e. The van der Waals surface area contributed by atoms with Gasteiger partial charge in [-0.25, -0.2) is 9.59 Å². The lowest BCUT2D eigenvalue weighted by Crippen LogP contribution is -2.14. The van der Waals surface area contributed by atoms with Gasteiger partial charge in [-0.15, -0.1) is 0 Å². The average molecular weight is 475 g/mol. The largest absolute Gasteiger partial charge is 0.386 e. The molecule has 0 atom stereocenters. The SMILES string of the molecule is O=C(OC(=O)c1ccc2ccc3cccc4ccc1c2c34)c1ccc2ccc3cccc4ccc1c2c34. The van der Waals surface area contributed by atoms with E-state index in [2.05, 4.69) is 48.5 Å². The van der Waals surface area contributed by atoms with Crippen LogP contribution in [0.2, 0.25) is 0 Å². The molecule has 0 aliphatic rings. The van der Waals surface area contributed by atoms with E-state index >= 15 is 0 Å². The van der Waals surface area contributed by atoms with Crippen molar-refractivity contribution in [1.82, 2.24) is 0 Å². The molecule has 0 radical (unpaired) electrons. The van der Waals surface area contributed by atoms with Crippen LogP contribution in [-0.4, -0.2) is 11.9 Å². The highest BCUT2D eigenvalue weighted by Gasteiger charge is 2.22. The van der Waals surface area contributed by atoms with Crippen molar-refractivity contribution in [2.75, 3.05) is 0 Å². The van der Waals surface area contributed by atoms with Gasteiger partial charge in [-0.05, 0) is 76.8 Å². The maximum absolute atomic E-state index is 13.4. The average Bonchev–Trinajstić information content (AvgIpc) is 2.94. The predicted molar refractivity (Wildman–Crippen MR) is 150 cm³/mol. The molecule has 37 heavy (non-hydrogen) atoms. The normalized spacial score (nSPS) is 12.0.